The SMILES string of the molecule is CCCCCC(=O)Nc1cn[c]([Sn]([CH2]CCC)([CH2]CCC)[CH2]CCC)cn1. The van der Waals surface area contributed by atoms with E-state index in [1.54, 1.807) is 0 Å². The molecule has 154 valence electrons. The Balaban J connectivity index is 2.89. The van der Waals surface area contributed by atoms with Crippen molar-refractivity contribution in [3.63, 3.8) is 0 Å². The van der Waals surface area contributed by atoms with Crippen LogP contribution in [0.15, 0.2) is 12.4 Å². The molecule has 0 bridgehead atoms. The molecule has 0 aromatic carbocycles. The van der Waals surface area contributed by atoms with Crippen molar-refractivity contribution < 1.29 is 4.79 Å². The average molecular weight is 482 g/mol. The predicted molar refractivity (Wildman–Crippen MR) is 119 cm³/mol. The van der Waals surface area contributed by atoms with Crippen molar-refractivity contribution in [3.8, 4) is 0 Å². The third-order valence-corrected chi connectivity index (χ3v) is 20.6. The van der Waals surface area contributed by atoms with Gasteiger partial charge in [-0.3, -0.25) is 0 Å². The van der Waals surface area contributed by atoms with E-state index in [9.17, 15) is 4.79 Å². The molecule has 27 heavy (non-hydrogen) atoms. The van der Waals surface area contributed by atoms with Gasteiger partial charge < -0.3 is 0 Å². The van der Waals surface area contributed by atoms with Crippen LogP contribution in [0.5, 0.6) is 0 Å². The fourth-order valence-corrected chi connectivity index (χ4v) is 18.8. The molecule has 0 spiro atoms. The molecule has 1 aromatic heterocycles. The topological polar surface area (TPSA) is 54.9 Å². The molecule has 1 rings (SSSR count). The summed E-state index contributed by atoms with van der Waals surface area (Å²) in [4.78, 5) is 21.5. The van der Waals surface area contributed by atoms with Crippen molar-refractivity contribution in [1.82, 2.24) is 9.97 Å². The number of unbranched alkanes of at least 4 members (excludes halogenated alkanes) is 5. The van der Waals surface area contributed by atoms with Gasteiger partial charge in [0.15, 0.2) is 0 Å². The van der Waals surface area contributed by atoms with Gasteiger partial charge in [-0.05, 0) is 0 Å². The second-order valence-corrected chi connectivity index (χ2v) is 20.9. The van der Waals surface area contributed by atoms with E-state index < -0.39 is 18.4 Å². The van der Waals surface area contributed by atoms with Gasteiger partial charge in [0.2, 0.25) is 0 Å². The Kier molecular flexibility index (Phi) is 13.0. The van der Waals surface area contributed by atoms with E-state index in [0.717, 1.165) is 19.3 Å². The van der Waals surface area contributed by atoms with Crippen molar-refractivity contribution >= 4 is 33.8 Å². The van der Waals surface area contributed by atoms with Gasteiger partial charge in [-0.1, -0.05) is 0 Å². The molecule has 1 aromatic rings. The first-order valence-electron chi connectivity index (χ1n) is 11.2. The van der Waals surface area contributed by atoms with Gasteiger partial charge in [0.1, 0.15) is 0 Å². The van der Waals surface area contributed by atoms with Crippen molar-refractivity contribution in [1.29, 1.82) is 0 Å². The van der Waals surface area contributed by atoms with Crippen LogP contribution in [0.25, 0.3) is 0 Å². The molecule has 0 aliphatic rings. The maximum atomic E-state index is 12.0. The first-order valence-corrected chi connectivity index (χ1v) is 18.7. The van der Waals surface area contributed by atoms with E-state index in [4.69, 9.17) is 4.98 Å². The van der Waals surface area contributed by atoms with Crippen molar-refractivity contribution in [3.05, 3.63) is 12.4 Å². The molecular weight excluding hydrogens is 441 g/mol. The van der Waals surface area contributed by atoms with Gasteiger partial charge in [0, 0.05) is 0 Å². The fourth-order valence-electron chi connectivity index (χ4n) is 3.71. The van der Waals surface area contributed by atoms with Crippen LogP contribution in [0.4, 0.5) is 5.82 Å². The molecule has 0 aliphatic carbocycles. The Morgan fingerprint density at radius 1 is 0.815 bits per heavy atom. The van der Waals surface area contributed by atoms with Crippen LogP contribution < -0.4 is 9.03 Å². The Morgan fingerprint density at radius 3 is 1.81 bits per heavy atom. The van der Waals surface area contributed by atoms with Gasteiger partial charge in [0.25, 0.3) is 0 Å². The predicted octanol–water partition coefficient (Wildman–Crippen LogP) is 6.05. The maximum absolute atomic E-state index is 12.0. The van der Waals surface area contributed by atoms with Crippen molar-refractivity contribution in [2.75, 3.05) is 5.32 Å². The van der Waals surface area contributed by atoms with E-state index in [1.165, 1.54) is 55.5 Å². The summed E-state index contributed by atoms with van der Waals surface area (Å²) in [7, 11) is 0. The standard InChI is InChI=1S/C10H14N3O.3C4H9.Sn/c1-2-3-4-5-10(14)13-9-8-11-6-7-12-9;3*1-3-4-2;/h7-8H,2-5H2,1H3,(H,12,13,14);3*1,3-4H2,2H3;. The van der Waals surface area contributed by atoms with E-state index in [2.05, 4.69) is 38.0 Å². The molecule has 0 saturated carbocycles. The number of nitrogens with zero attached hydrogens (tertiary/aromatic N) is 2. The monoisotopic (exact) mass is 483 g/mol. The van der Waals surface area contributed by atoms with Crippen LogP contribution >= 0.6 is 0 Å². The molecule has 0 saturated heterocycles. The number of carbonyl (C=O) groups excluding carboxylic acids is 1. The summed E-state index contributed by atoms with van der Waals surface area (Å²) in [6, 6.07) is 0. The van der Waals surface area contributed by atoms with Gasteiger partial charge in [-0.25, -0.2) is 0 Å². The number of hydrogen-bond donors (Lipinski definition) is 1. The number of nitrogens with one attached hydrogen (secondary N) is 1. The van der Waals surface area contributed by atoms with E-state index in [0.29, 0.717) is 12.2 Å². The van der Waals surface area contributed by atoms with Crippen molar-refractivity contribution in [2.24, 2.45) is 0 Å². The zero-order valence-corrected chi connectivity index (χ0v) is 21.0. The second kappa shape index (κ2) is 14.4. The van der Waals surface area contributed by atoms with Crippen molar-refractivity contribution in [2.45, 2.75) is 105 Å². The zero-order valence-electron chi connectivity index (χ0n) is 18.1. The number of anilines is 1. The molecule has 5 heteroatoms. The van der Waals surface area contributed by atoms with E-state index >= 15 is 0 Å². The van der Waals surface area contributed by atoms with Crippen LogP contribution in [0, 0.1) is 0 Å². The fraction of sp³-hybridized carbons (Fsp3) is 0.773. The number of rotatable bonds is 15. The summed E-state index contributed by atoms with van der Waals surface area (Å²) in [6.07, 6.45) is 15.3. The molecule has 0 unspecified atom stereocenters. The quantitative estimate of drug-likeness (QED) is 0.245. The third-order valence-electron chi connectivity index (χ3n) is 5.50. The second-order valence-electron chi connectivity index (χ2n) is 7.88. The molecule has 0 radical (unpaired) electrons. The van der Waals surface area contributed by atoms with Gasteiger partial charge in [-0.15, -0.1) is 0 Å². The Labute approximate surface area is 171 Å². The first-order chi connectivity index (χ1) is 13.1. The van der Waals surface area contributed by atoms with E-state index in [1.807, 2.05) is 12.4 Å². The Hall–Kier alpha value is -0.651. The van der Waals surface area contributed by atoms with Gasteiger partial charge >= 0.3 is 171 Å². The molecule has 1 amide bonds. The van der Waals surface area contributed by atoms with Crippen LogP contribution in [0.2, 0.25) is 13.3 Å². The summed E-state index contributed by atoms with van der Waals surface area (Å²) in [5.74, 6) is 0.671. The van der Waals surface area contributed by atoms with Gasteiger partial charge in [0.05, 0.1) is 0 Å². The third kappa shape index (κ3) is 8.93. The molecular formula is C22H41N3OSn. The van der Waals surface area contributed by atoms with Gasteiger partial charge in [-0.2, -0.15) is 0 Å². The summed E-state index contributed by atoms with van der Waals surface area (Å²) < 4.78 is 5.50. The minimum absolute atomic E-state index is 0.0585. The van der Waals surface area contributed by atoms with E-state index in [-0.39, 0.29) is 5.91 Å². The first kappa shape index (κ1) is 24.4. The average Bonchev–Trinajstić information content (AvgIpc) is 2.68. The van der Waals surface area contributed by atoms with Crippen LogP contribution in [0.1, 0.15) is 91.9 Å². The summed E-state index contributed by atoms with van der Waals surface area (Å²) in [5, 5.41) is 2.92. The number of amides is 1. The molecule has 0 aliphatic heterocycles. The molecule has 1 N–H and O–H groups in total. The molecule has 0 atom stereocenters. The summed E-state index contributed by atoms with van der Waals surface area (Å²) in [6.45, 7) is 9.02. The summed E-state index contributed by atoms with van der Waals surface area (Å²) in [5.41, 5.74) is 0. The number of hydrogen-bond acceptors (Lipinski definition) is 3. The Bertz CT molecular complexity index is 497. The number of aromatic nitrogens is 2. The molecule has 4 nitrogen and oxygen atoms in total. The van der Waals surface area contributed by atoms with Crippen LogP contribution in [-0.2, 0) is 4.79 Å². The summed E-state index contributed by atoms with van der Waals surface area (Å²) >= 11 is -2.50. The van der Waals surface area contributed by atoms with Crippen LogP contribution in [-0.4, -0.2) is 34.3 Å². The van der Waals surface area contributed by atoms with Crippen LogP contribution in [0.3, 0.4) is 0 Å². The number of carbonyl (C=O) groups is 1. The molecule has 1 heterocycles. The molecule has 0 fully saturated rings. The zero-order chi connectivity index (χ0) is 20.0. The normalized spacial score (nSPS) is 11.6. The minimum atomic E-state index is -2.50. The Morgan fingerprint density at radius 2 is 1.37 bits per heavy atom.